The summed E-state index contributed by atoms with van der Waals surface area (Å²) >= 11 is 0. The Balaban J connectivity index is 2.52. The Hall–Kier alpha value is -1.88. The topological polar surface area (TPSA) is 53.1 Å². The molecule has 5 heteroatoms. The van der Waals surface area contributed by atoms with E-state index in [0.29, 0.717) is 17.0 Å². The molecular weight excluding hydrogens is 245 g/mol. The first-order valence-corrected chi connectivity index (χ1v) is 6.17. The molecule has 4 nitrogen and oxygen atoms in total. The number of rotatable bonds is 4. The predicted octanol–water partition coefficient (Wildman–Crippen LogP) is 2.66. The first-order valence-electron chi connectivity index (χ1n) is 6.17. The highest BCUT2D eigenvalue weighted by molar-refractivity contribution is 5.36. The molecular formula is C14H18FN3O. The van der Waals surface area contributed by atoms with E-state index >= 15 is 0 Å². The standard InChI is InChI=1S/C14H18FN3O/c1-9(2)18-14(12(19-3)8-17-18)13(16)10-6-4-5-7-11(10)15/h4-9,13H,16H2,1-3H3. The lowest BCUT2D eigenvalue weighted by Crippen LogP contribution is -2.20. The van der Waals surface area contributed by atoms with Crippen LogP contribution in [0.2, 0.25) is 0 Å². The summed E-state index contributed by atoms with van der Waals surface area (Å²) in [5.74, 6) is 0.248. The number of nitrogens with two attached hydrogens (primary N) is 1. The molecule has 0 amide bonds. The third-order valence-electron chi connectivity index (χ3n) is 3.04. The highest BCUT2D eigenvalue weighted by Crippen LogP contribution is 2.31. The normalized spacial score (nSPS) is 12.7. The minimum absolute atomic E-state index is 0.122. The van der Waals surface area contributed by atoms with Crippen LogP contribution in [0.1, 0.15) is 37.2 Å². The van der Waals surface area contributed by atoms with E-state index in [-0.39, 0.29) is 11.9 Å². The van der Waals surface area contributed by atoms with Crippen molar-refractivity contribution in [2.75, 3.05) is 7.11 Å². The summed E-state index contributed by atoms with van der Waals surface area (Å²) in [6.07, 6.45) is 1.61. The van der Waals surface area contributed by atoms with Gasteiger partial charge in [0.05, 0.1) is 19.3 Å². The van der Waals surface area contributed by atoms with Gasteiger partial charge >= 0.3 is 0 Å². The fraction of sp³-hybridized carbons (Fsp3) is 0.357. The molecule has 1 heterocycles. The lowest BCUT2D eigenvalue weighted by Gasteiger charge is -2.18. The molecule has 1 aromatic heterocycles. The van der Waals surface area contributed by atoms with Crippen LogP contribution in [-0.2, 0) is 0 Å². The van der Waals surface area contributed by atoms with E-state index in [1.54, 1.807) is 36.2 Å². The molecule has 1 aromatic carbocycles. The number of hydrogen-bond acceptors (Lipinski definition) is 3. The van der Waals surface area contributed by atoms with Crippen molar-refractivity contribution >= 4 is 0 Å². The molecule has 102 valence electrons. The summed E-state index contributed by atoms with van der Waals surface area (Å²) in [6, 6.07) is 6.00. The van der Waals surface area contributed by atoms with Crippen LogP contribution >= 0.6 is 0 Å². The smallest absolute Gasteiger partial charge is 0.161 e. The summed E-state index contributed by atoms with van der Waals surface area (Å²) in [4.78, 5) is 0. The zero-order chi connectivity index (χ0) is 14.0. The second-order valence-corrected chi connectivity index (χ2v) is 4.64. The van der Waals surface area contributed by atoms with Crippen LogP contribution in [-0.4, -0.2) is 16.9 Å². The Bertz CT molecular complexity index is 566. The molecule has 0 radical (unpaired) electrons. The number of nitrogens with zero attached hydrogens (tertiary/aromatic N) is 2. The maximum absolute atomic E-state index is 13.8. The molecule has 0 aliphatic carbocycles. The summed E-state index contributed by atoms with van der Waals surface area (Å²) in [7, 11) is 1.55. The Morgan fingerprint density at radius 1 is 1.32 bits per heavy atom. The molecule has 2 aromatic rings. The Kier molecular flexibility index (Phi) is 3.85. The van der Waals surface area contributed by atoms with Crippen molar-refractivity contribution in [2.24, 2.45) is 5.73 Å². The van der Waals surface area contributed by atoms with Gasteiger partial charge in [-0.15, -0.1) is 0 Å². The molecule has 0 saturated carbocycles. The predicted molar refractivity (Wildman–Crippen MR) is 71.6 cm³/mol. The van der Waals surface area contributed by atoms with Crippen LogP contribution in [0.3, 0.4) is 0 Å². The van der Waals surface area contributed by atoms with E-state index in [2.05, 4.69) is 5.10 Å². The number of methoxy groups -OCH3 is 1. The van der Waals surface area contributed by atoms with Gasteiger partial charge < -0.3 is 10.5 Å². The second-order valence-electron chi connectivity index (χ2n) is 4.64. The Labute approximate surface area is 112 Å². The average Bonchev–Trinajstić information content (AvgIpc) is 2.82. The molecule has 0 saturated heterocycles. The lowest BCUT2D eigenvalue weighted by molar-refractivity contribution is 0.400. The van der Waals surface area contributed by atoms with Crippen molar-refractivity contribution in [1.29, 1.82) is 0 Å². The van der Waals surface area contributed by atoms with Crippen molar-refractivity contribution in [3.8, 4) is 5.75 Å². The Morgan fingerprint density at radius 2 is 2.00 bits per heavy atom. The monoisotopic (exact) mass is 263 g/mol. The molecule has 0 spiro atoms. The minimum Gasteiger partial charge on any atom is -0.493 e. The second kappa shape index (κ2) is 5.40. The lowest BCUT2D eigenvalue weighted by atomic mass is 10.0. The SMILES string of the molecule is COc1cnn(C(C)C)c1C(N)c1ccccc1F. The molecule has 1 atom stereocenters. The van der Waals surface area contributed by atoms with E-state index in [4.69, 9.17) is 10.5 Å². The molecule has 0 aliphatic heterocycles. The van der Waals surface area contributed by atoms with E-state index in [1.807, 2.05) is 13.8 Å². The van der Waals surface area contributed by atoms with Gasteiger partial charge in [-0.2, -0.15) is 5.10 Å². The maximum Gasteiger partial charge on any atom is 0.161 e. The van der Waals surface area contributed by atoms with Gasteiger partial charge in [0, 0.05) is 11.6 Å². The number of aromatic nitrogens is 2. The van der Waals surface area contributed by atoms with Crippen molar-refractivity contribution in [3.63, 3.8) is 0 Å². The molecule has 0 fully saturated rings. The highest BCUT2D eigenvalue weighted by Gasteiger charge is 2.23. The summed E-state index contributed by atoms with van der Waals surface area (Å²) in [6.45, 7) is 3.98. The number of hydrogen-bond donors (Lipinski definition) is 1. The van der Waals surface area contributed by atoms with Crippen LogP contribution in [0.25, 0.3) is 0 Å². The summed E-state index contributed by atoms with van der Waals surface area (Å²) < 4.78 is 20.9. The largest absolute Gasteiger partial charge is 0.493 e. The third kappa shape index (κ3) is 2.46. The van der Waals surface area contributed by atoms with E-state index in [0.717, 1.165) is 0 Å². The van der Waals surface area contributed by atoms with Crippen molar-refractivity contribution < 1.29 is 9.13 Å². The molecule has 0 aliphatic rings. The fourth-order valence-corrected chi connectivity index (χ4v) is 2.10. The third-order valence-corrected chi connectivity index (χ3v) is 3.04. The summed E-state index contributed by atoms with van der Waals surface area (Å²) in [5, 5.41) is 4.25. The minimum atomic E-state index is -0.610. The van der Waals surface area contributed by atoms with Gasteiger partial charge in [-0.1, -0.05) is 18.2 Å². The molecule has 1 unspecified atom stereocenters. The van der Waals surface area contributed by atoms with Crippen LogP contribution in [0.4, 0.5) is 4.39 Å². The van der Waals surface area contributed by atoms with E-state index < -0.39 is 6.04 Å². The molecule has 2 N–H and O–H groups in total. The van der Waals surface area contributed by atoms with Gasteiger partial charge in [0.1, 0.15) is 11.5 Å². The number of halogens is 1. The van der Waals surface area contributed by atoms with E-state index in [1.165, 1.54) is 6.07 Å². The van der Waals surface area contributed by atoms with Gasteiger partial charge in [0.25, 0.3) is 0 Å². The molecule has 2 rings (SSSR count). The van der Waals surface area contributed by atoms with Crippen LogP contribution < -0.4 is 10.5 Å². The van der Waals surface area contributed by atoms with Crippen LogP contribution in [0.15, 0.2) is 30.5 Å². The van der Waals surface area contributed by atoms with Gasteiger partial charge in [-0.3, -0.25) is 4.68 Å². The highest BCUT2D eigenvalue weighted by atomic mass is 19.1. The summed E-state index contributed by atoms with van der Waals surface area (Å²) in [5.41, 5.74) is 7.31. The van der Waals surface area contributed by atoms with Crippen molar-refractivity contribution in [3.05, 3.63) is 47.5 Å². The first kappa shape index (κ1) is 13.5. The molecule has 19 heavy (non-hydrogen) atoms. The zero-order valence-electron chi connectivity index (χ0n) is 11.3. The van der Waals surface area contributed by atoms with E-state index in [9.17, 15) is 4.39 Å². The van der Waals surface area contributed by atoms with Crippen molar-refractivity contribution in [1.82, 2.24) is 9.78 Å². The number of ether oxygens (including phenoxy) is 1. The van der Waals surface area contributed by atoms with Crippen LogP contribution in [0, 0.1) is 5.82 Å². The first-order chi connectivity index (χ1) is 9.06. The fourth-order valence-electron chi connectivity index (χ4n) is 2.10. The van der Waals surface area contributed by atoms with Gasteiger partial charge in [-0.25, -0.2) is 4.39 Å². The van der Waals surface area contributed by atoms with Gasteiger partial charge in [-0.05, 0) is 19.9 Å². The molecule has 0 bridgehead atoms. The zero-order valence-corrected chi connectivity index (χ0v) is 11.3. The van der Waals surface area contributed by atoms with Crippen LogP contribution in [0.5, 0.6) is 5.75 Å². The van der Waals surface area contributed by atoms with Gasteiger partial charge in [0.2, 0.25) is 0 Å². The average molecular weight is 263 g/mol. The number of benzene rings is 1. The van der Waals surface area contributed by atoms with Crippen molar-refractivity contribution in [2.45, 2.75) is 25.9 Å². The quantitative estimate of drug-likeness (QED) is 0.922. The van der Waals surface area contributed by atoms with Gasteiger partial charge in [0.15, 0.2) is 5.75 Å². The Morgan fingerprint density at radius 3 is 2.58 bits per heavy atom. The maximum atomic E-state index is 13.8.